The highest BCUT2D eigenvalue weighted by Crippen LogP contribution is 2.28. The molecule has 2 aliphatic heterocycles. The minimum Gasteiger partial charge on any atom is -0.444 e. The monoisotopic (exact) mass is 334 g/mol. The molecule has 0 bridgehead atoms. The summed E-state index contributed by atoms with van der Waals surface area (Å²) in [5.41, 5.74) is 0.490. The number of anilines is 1. The molecule has 7 heteroatoms. The van der Waals surface area contributed by atoms with Crippen molar-refractivity contribution in [2.45, 2.75) is 45.3 Å². The van der Waals surface area contributed by atoms with Gasteiger partial charge in [-0.15, -0.1) is 0 Å². The Morgan fingerprint density at radius 1 is 1.25 bits per heavy atom. The smallest absolute Gasteiger partial charge is 0.410 e. The minimum atomic E-state index is -0.461. The Kier molecular flexibility index (Phi) is 4.89. The summed E-state index contributed by atoms with van der Waals surface area (Å²) in [7, 11) is 0. The van der Waals surface area contributed by atoms with E-state index in [9.17, 15) is 4.79 Å². The molecule has 1 unspecified atom stereocenters. The first kappa shape index (κ1) is 17.0. The lowest BCUT2D eigenvalue weighted by Gasteiger charge is -2.36. The first-order valence-electron chi connectivity index (χ1n) is 8.59. The SMILES string of the molecule is CC(C)(C)OC(=O)N1CCN(c2cc(C3CCCO3)ncn2)CC1. The molecule has 1 amide bonds. The van der Waals surface area contributed by atoms with E-state index in [1.807, 2.05) is 26.8 Å². The third-order valence-electron chi connectivity index (χ3n) is 4.19. The molecule has 132 valence electrons. The van der Waals surface area contributed by atoms with Crippen LogP contribution in [0.5, 0.6) is 0 Å². The molecule has 0 saturated carbocycles. The van der Waals surface area contributed by atoms with Crippen LogP contribution < -0.4 is 4.90 Å². The molecule has 0 aromatic carbocycles. The van der Waals surface area contributed by atoms with Crippen LogP contribution in [0.15, 0.2) is 12.4 Å². The molecule has 2 aliphatic rings. The standard InChI is InChI=1S/C17H26N4O3/c1-17(2,3)24-16(22)21-8-6-20(7-9-21)15-11-13(18-12-19-15)14-5-4-10-23-14/h11-12,14H,4-10H2,1-3H3. The highest BCUT2D eigenvalue weighted by atomic mass is 16.6. The van der Waals surface area contributed by atoms with Crippen LogP contribution in [0, 0.1) is 0 Å². The van der Waals surface area contributed by atoms with E-state index >= 15 is 0 Å². The van der Waals surface area contributed by atoms with E-state index in [4.69, 9.17) is 9.47 Å². The second kappa shape index (κ2) is 6.93. The zero-order valence-corrected chi connectivity index (χ0v) is 14.7. The summed E-state index contributed by atoms with van der Waals surface area (Å²) in [5, 5.41) is 0. The first-order chi connectivity index (χ1) is 11.4. The van der Waals surface area contributed by atoms with Crippen LogP contribution in [-0.2, 0) is 9.47 Å². The summed E-state index contributed by atoms with van der Waals surface area (Å²) in [4.78, 5) is 24.8. The summed E-state index contributed by atoms with van der Waals surface area (Å²) in [6.07, 6.45) is 3.55. The van der Waals surface area contributed by atoms with Gasteiger partial charge in [-0.05, 0) is 33.6 Å². The molecule has 1 atom stereocenters. The predicted molar refractivity (Wildman–Crippen MR) is 90.0 cm³/mol. The number of carbonyl (C=O) groups is 1. The van der Waals surface area contributed by atoms with Crippen molar-refractivity contribution >= 4 is 11.9 Å². The Hall–Kier alpha value is -1.89. The van der Waals surface area contributed by atoms with Crippen molar-refractivity contribution in [3.8, 4) is 0 Å². The van der Waals surface area contributed by atoms with Gasteiger partial charge >= 0.3 is 6.09 Å². The number of hydrogen-bond acceptors (Lipinski definition) is 6. The van der Waals surface area contributed by atoms with Gasteiger partial charge in [0.2, 0.25) is 0 Å². The molecule has 2 saturated heterocycles. The lowest BCUT2D eigenvalue weighted by Crippen LogP contribution is -2.50. The maximum atomic E-state index is 12.1. The number of ether oxygens (including phenoxy) is 2. The number of piperazine rings is 1. The summed E-state index contributed by atoms with van der Waals surface area (Å²) < 4.78 is 11.1. The fraction of sp³-hybridized carbons (Fsp3) is 0.706. The maximum Gasteiger partial charge on any atom is 0.410 e. The topological polar surface area (TPSA) is 67.8 Å². The van der Waals surface area contributed by atoms with E-state index in [0.29, 0.717) is 13.1 Å². The summed E-state index contributed by atoms with van der Waals surface area (Å²) in [6.45, 7) is 9.20. The van der Waals surface area contributed by atoms with Crippen molar-refractivity contribution in [1.82, 2.24) is 14.9 Å². The number of hydrogen-bond donors (Lipinski definition) is 0. The molecule has 24 heavy (non-hydrogen) atoms. The Bertz CT molecular complexity index is 573. The molecule has 1 aromatic rings. The Labute approximate surface area is 143 Å². The van der Waals surface area contributed by atoms with Crippen LogP contribution in [0.2, 0.25) is 0 Å². The quantitative estimate of drug-likeness (QED) is 0.827. The minimum absolute atomic E-state index is 0.0924. The molecule has 7 nitrogen and oxygen atoms in total. The zero-order chi connectivity index (χ0) is 17.2. The molecule has 3 heterocycles. The Morgan fingerprint density at radius 2 is 2.00 bits per heavy atom. The van der Waals surface area contributed by atoms with Gasteiger partial charge < -0.3 is 19.3 Å². The van der Waals surface area contributed by atoms with Crippen molar-refractivity contribution in [3.05, 3.63) is 18.1 Å². The second-order valence-corrected chi connectivity index (χ2v) is 7.26. The summed E-state index contributed by atoms with van der Waals surface area (Å²) in [6, 6.07) is 2.01. The number of carbonyl (C=O) groups excluding carboxylic acids is 1. The summed E-state index contributed by atoms with van der Waals surface area (Å²) >= 11 is 0. The first-order valence-corrected chi connectivity index (χ1v) is 8.59. The van der Waals surface area contributed by atoms with Crippen LogP contribution in [0.25, 0.3) is 0 Å². The average Bonchev–Trinajstić information content (AvgIpc) is 3.08. The van der Waals surface area contributed by atoms with Crippen LogP contribution >= 0.6 is 0 Å². The molecular formula is C17H26N4O3. The molecule has 0 radical (unpaired) electrons. The van der Waals surface area contributed by atoms with Gasteiger partial charge in [-0.25, -0.2) is 14.8 Å². The molecule has 3 rings (SSSR count). The van der Waals surface area contributed by atoms with Crippen molar-refractivity contribution < 1.29 is 14.3 Å². The van der Waals surface area contributed by atoms with Crippen LogP contribution in [0.4, 0.5) is 10.6 Å². The van der Waals surface area contributed by atoms with Crippen molar-refractivity contribution in [2.24, 2.45) is 0 Å². The zero-order valence-electron chi connectivity index (χ0n) is 14.7. The maximum absolute atomic E-state index is 12.1. The fourth-order valence-electron chi connectivity index (χ4n) is 2.97. The van der Waals surface area contributed by atoms with E-state index in [-0.39, 0.29) is 12.2 Å². The van der Waals surface area contributed by atoms with E-state index in [1.54, 1.807) is 11.2 Å². The number of rotatable bonds is 2. The van der Waals surface area contributed by atoms with E-state index < -0.39 is 5.60 Å². The molecule has 1 aromatic heterocycles. The van der Waals surface area contributed by atoms with Gasteiger partial charge in [0.05, 0.1) is 11.8 Å². The van der Waals surface area contributed by atoms with Crippen molar-refractivity contribution in [2.75, 3.05) is 37.7 Å². The Balaban J connectivity index is 1.58. The highest BCUT2D eigenvalue weighted by molar-refractivity contribution is 5.68. The van der Waals surface area contributed by atoms with Crippen LogP contribution in [-0.4, -0.2) is 59.3 Å². The van der Waals surface area contributed by atoms with Gasteiger partial charge in [0.25, 0.3) is 0 Å². The second-order valence-electron chi connectivity index (χ2n) is 7.26. The molecule has 0 aliphatic carbocycles. The Morgan fingerprint density at radius 3 is 2.62 bits per heavy atom. The number of aromatic nitrogens is 2. The van der Waals surface area contributed by atoms with Crippen molar-refractivity contribution in [3.63, 3.8) is 0 Å². The van der Waals surface area contributed by atoms with Gasteiger partial charge in [0.15, 0.2) is 0 Å². The van der Waals surface area contributed by atoms with Crippen molar-refractivity contribution in [1.29, 1.82) is 0 Å². The third-order valence-corrected chi connectivity index (χ3v) is 4.19. The van der Waals surface area contributed by atoms with Crippen LogP contribution in [0.1, 0.15) is 45.4 Å². The normalized spacial score (nSPS) is 21.9. The van der Waals surface area contributed by atoms with Gasteiger partial charge in [-0.1, -0.05) is 0 Å². The van der Waals surface area contributed by atoms with E-state index in [2.05, 4.69) is 14.9 Å². The van der Waals surface area contributed by atoms with E-state index in [0.717, 1.165) is 44.0 Å². The highest BCUT2D eigenvalue weighted by Gasteiger charge is 2.27. The van der Waals surface area contributed by atoms with Gasteiger partial charge in [-0.2, -0.15) is 0 Å². The lowest BCUT2D eigenvalue weighted by atomic mass is 10.1. The number of nitrogens with zero attached hydrogens (tertiary/aromatic N) is 4. The van der Waals surface area contributed by atoms with Gasteiger partial charge in [-0.3, -0.25) is 0 Å². The van der Waals surface area contributed by atoms with Crippen LogP contribution in [0.3, 0.4) is 0 Å². The van der Waals surface area contributed by atoms with E-state index in [1.165, 1.54) is 0 Å². The molecule has 0 spiro atoms. The van der Waals surface area contributed by atoms with Gasteiger partial charge in [0.1, 0.15) is 17.7 Å². The van der Waals surface area contributed by atoms with Gasteiger partial charge in [0, 0.05) is 38.9 Å². The fourth-order valence-corrected chi connectivity index (χ4v) is 2.97. The predicted octanol–water partition coefficient (Wildman–Crippen LogP) is 2.39. The largest absolute Gasteiger partial charge is 0.444 e. The third kappa shape index (κ3) is 4.14. The number of amides is 1. The molecular weight excluding hydrogens is 308 g/mol. The lowest BCUT2D eigenvalue weighted by molar-refractivity contribution is 0.0240. The summed E-state index contributed by atoms with van der Waals surface area (Å²) in [5.74, 6) is 0.902. The molecule has 0 N–H and O–H groups in total. The average molecular weight is 334 g/mol. The molecule has 2 fully saturated rings.